The average Bonchev–Trinajstić information content (AvgIpc) is 3.64. The number of pyridine rings is 1. The number of H-pyrrole nitrogens is 1. The van der Waals surface area contributed by atoms with E-state index in [1.807, 2.05) is 31.2 Å². The van der Waals surface area contributed by atoms with Gasteiger partial charge < -0.3 is 14.7 Å². The number of hydrogen-bond acceptors (Lipinski definition) is 6. The predicted molar refractivity (Wildman–Crippen MR) is 141 cm³/mol. The number of fused-ring (bicyclic) bond motifs is 1. The molecule has 0 saturated heterocycles. The topological polar surface area (TPSA) is 144 Å². The monoisotopic (exact) mass is 528 g/mol. The van der Waals surface area contributed by atoms with Gasteiger partial charge in [-0.15, -0.1) is 5.10 Å². The van der Waals surface area contributed by atoms with E-state index in [2.05, 4.69) is 25.8 Å². The molecule has 12 heteroatoms. The molecule has 1 atom stereocenters. The lowest BCUT2D eigenvalue weighted by Crippen LogP contribution is -2.24. The van der Waals surface area contributed by atoms with E-state index in [1.54, 1.807) is 34.9 Å². The van der Waals surface area contributed by atoms with Crippen LogP contribution in [0.1, 0.15) is 29.7 Å². The molecule has 1 amide bonds. The van der Waals surface area contributed by atoms with Crippen molar-refractivity contribution in [1.82, 2.24) is 34.7 Å². The maximum Gasteiger partial charge on any atom is 0.409 e. The number of aryl methyl sites for hydroxylation is 2. The second kappa shape index (κ2) is 9.27. The number of halogens is 1. The summed E-state index contributed by atoms with van der Waals surface area (Å²) < 4.78 is 3.32. The summed E-state index contributed by atoms with van der Waals surface area (Å²) in [6.45, 7) is 1.90. The van der Waals surface area contributed by atoms with Crippen molar-refractivity contribution in [3.63, 3.8) is 0 Å². The fourth-order valence-electron chi connectivity index (χ4n) is 4.99. The van der Waals surface area contributed by atoms with Gasteiger partial charge in [-0.05, 0) is 77.7 Å². The van der Waals surface area contributed by atoms with E-state index in [4.69, 9.17) is 21.7 Å². The SMILES string of the molecule is Cc1nc(C2CCc3cc(-c4cc(Cl)ccc4-n4cnnn4)cc(=O)n32)[nH]c1-c1ccc(NC(=O)O)cc1. The number of nitrogens with zero attached hydrogens (tertiary/aromatic N) is 6. The van der Waals surface area contributed by atoms with Gasteiger partial charge in [-0.25, -0.2) is 9.78 Å². The second-order valence-corrected chi connectivity index (χ2v) is 9.44. The number of nitrogens with one attached hydrogen (secondary N) is 2. The minimum absolute atomic E-state index is 0.137. The van der Waals surface area contributed by atoms with Gasteiger partial charge in [0.25, 0.3) is 5.56 Å². The number of aromatic amines is 1. The van der Waals surface area contributed by atoms with Crippen LogP contribution in [0.2, 0.25) is 5.02 Å². The van der Waals surface area contributed by atoms with Gasteiger partial charge in [0.1, 0.15) is 12.2 Å². The lowest BCUT2D eigenvalue weighted by Gasteiger charge is -2.15. The summed E-state index contributed by atoms with van der Waals surface area (Å²) >= 11 is 6.30. The van der Waals surface area contributed by atoms with E-state index in [9.17, 15) is 9.59 Å². The van der Waals surface area contributed by atoms with Crippen LogP contribution >= 0.6 is 11.6 Å². The molecule has 38 heavy (non-hydrogen) atoms. The molecule has 3 N–H and O–H groups in total. The summed E-state index contributed by atoms with van der Waals surface area (Å²) in [5, 5.41) is 23.2. The maximum absolute atomic E-state index is 13.4. The number of rotatable bonds is 5. The van der Waals surface area contributed by atoms with Gasteiger partial charge >= 0.3 is 6.09 Å². The molecule has 0 radical (unpaired) electrons. The largest absolute Gasteiger partial charge is 0.465 e. The molecule has 0 aliphatic carbocycles. The molecular weight excluding hydrogens is 508 g/mol. The van der Waals surface area contributed by atoms with Crippen LogP contribution < -0.4 is 10.9 Å². The molecule has 190 valence electrons. The van der Waals surface area contributed by atoms with Crippen LogP contribution in [-0.2, 0) is 6.42 Å². The van der Waals surface area contributed by atoms with E-state index in [1.165, 1.54) is 11.0 Å². The lowest BCUT2D eigenvalue weighted by molar-refractivity contribution is 0.209. The Labute approximate surface area is 220 Å². The van der Waals surface area contributed by atoms with Crippen molar-refractivity contribution in [3.05, 3.63) is 93.5 Å². The normalized spacial score (nSPS) is 14.4. The molecule has 2 aromatic carbocycles. The zero-order valence-corrected chi connectivity index (χ0v) is 20.8. The number of anilines is 1. The Morgan fingerprint density at radius 3 is 2.68 bits per heavy atom. The van der Waals surface area contributed by atoms with Crippen LogP contribution in [-0.4, -0.2) is 45.9 Å². The van der Waals surface area contributed by atoms with Gasteiger partial charge in [-0.2, -0.15) is 4.68 Å². The number of imidazole rings is 1. The van der Waals surface area contributed by atoms with Crippen molar-refractivity contribution in [2.75, 3.05) is 5.32 Å². The Bertz CT molecular complexity index is 1720. The van der Waals surface area contributed by atoms with Crippen molar-refractivity contribution in [3.8, 4) is 28.1 Å². The zero-order valence-electron chi connectivity index (χ0n) is 20.1. The highest BCUT2D eigenvalue weighted by atomic mass is 35.5. The smallest absolute Gasteiger partial charge is 0.409 e. The minimum Gasteiger partial charge on any atom is -0.465 e. The third-order valence-electron chi connectivity index (χ3n) is 6.64. The van der Waals surface area contributed by atoms with E-state index in [0.717, 1.165) is 40.2 Å². The first-order chi connectivity index (χ1) is 18.4. The molecule has 0 spiro atoms. The minimum atomic E-state index is -1.12. The summed E-state index contributed by atoms with van der Waals surface area (Å²) in [4.78, 5) is 32.5. The highest BCUT2D eigenvalue weighted by molar-refractivity contribution is 6.31. The number of hydrogen-bond donors (Lipinski definition) is 3. The summed E-state index contributed by atoms with van der Waals surface area (Å²) in [5.74, 6) is 0.705. The summed E-state index contributed by atoms with van der Waals surface area (Å²) in [6.07, 6.45) is 1.81. The Kier molecular flexibility index (Phi) is 5.76. The standard InChI is InChI=1S/C26H21ClN8O3/c1-14-24(15-2-5-18(6-3-15)30-26(37)38)31-25(29-14)22-9-7-19-10-16(11-23(36)35(19)22)20-12-17(27)4-8-21(20)34-13-28-32-33-34/h2-6,8,10-13,22,30H,7,9H2,1H3,(H,29,31)(H,37,38). The van der Waals surface area contributed by atoms with Crippen LogP contribution in [0.5, 0.6) is 0 Å². The van der Waals surface area contributed by atoms with Gasteiger partial charge in [0.05, 0.1) is 23.1 Å². The molecule has 6 rings (SSSR count). The third kappa shape index (κ3) is 4.22. The predicted octanol–water partition coefficient (Wildman–Crippen LogP) is 4.47. The van der Waals surface area contributed by atoms with Crippen LogP contribution in [0, 0.1) is 6.92 Å². The van der Waals surface area contributed by atoms with Crippen LogP contribution in [0.15, 0.2) is 65.7 Å². The molecule has 11 nitrogen and oxygen atoms in total. The molecule has 0 bridgehead atoms. The highest BCUT2D eigenvalue weighted by Crippen LogP contribution is 2.35. The maximum atomic E-state index is 13.4. The third-order valence-corrected chi connectivity index (χ3v) is 6.88. The summed E-state index contributed by atoms with van der Waals surface area (Å²) in [7, 11) is 0. The van der Waals surface area contributed by atoms with Crippen molar-refractivity contribution >= 4 is 23.4 Å². The Morgan fingerprint density at radius 2 is 1.95 bits per heavy atom. The molecule has 4 heterocycles. The first-order valence-corrected chi connectivity index (χ1v) is 12.2. The van der Waals surface area contributed by atoms with Crippen molar-refractivity contribution in [2.24, 2.45) is 0 Å². The number of amides is 1. The first kappa shape index (κ1) is 23.6. The molecule has 1 unspecified atom stereocenters. The number of carboxylic acid groups (broad SMARTS) is 1. The van der Waals surface area contributed by atoms with Crippen LogP contribution in [0.4, 0.5) is 10.5 Å². The van der Waals surface area contributed by atoms with Crippen LogP contribution in [0.3, 0.4) is 0 Å². The van der Waals surface area contributed by atoms with Gasteiger partial charge in [0, 0.05) is 28.0 Å². The Balaban J connectivity index is 1.35. The van der Waals surface area contributed by atoms with E-state index in [0.29, 0.717) is 28.6 Å². The average molecular weight is 529 g/mol. The Hall–Kier alpha value is -4.77. The van der Waals surface area contributed by atoms with Gasteiger partial charge in [0.2, 0.25) is 0 Å². The summed E-state index contributed by atoms with van der Waals surface area (Å²) in [5.41, 5.74) is 5.94. The number of carbonyl (C=O) groups is 1. The lowest BCUT2D eigenvalue weighted by atomic mass is 10.0. The number of tetrazole rings is 1. The molecule has 3 aromatic heterocycles. The molecule has 5 aromatic rings. The fraction of sp³-hybridized carbons (Fsp3) is 0.154. The Morgan fingerprint density at radius 1 is 1.13 bits per heavy atom. The van der Waals surface area contributed by atoms with Crippen LogP contribution in [0.25, 0.3) is 28.1 Å². The zero-order chi connectivity index (χ0) is 26.4. The first-order valence-electron chi connectivity index (χ1n) is 11.8. The number of aromatic nitrogens is 7. The van der Waals surface area contributed by atoms with E-state index >= 15 is 0 Å². The fourth-order valence-corrected chi connectivity index (χ4v) is 5.16. The van der Waals surface area contributed by atoms with Crippen molar-refractivity contribution in [2.45, 2.75) is 25.8 Å². The molecule has 1 aliphatic rings. The van der Waals surface area contributed by atoms with Crippen molar-refractivity contribution < 1.29 is 9.90 Å². The van der Waals surface area contributed by atoms with Gasteiger partial charge in [0.15, 0.2) is 0 Å². The van der Waals surface area contributed by atoms with E-state index in [-0.39, 0.29) is 11.6 Å². The molecule has 0 fully saturated rings. The van der Waals surface area contributed by atoms with Gasteiger partial charge in [-0.3, -0.25) is 10.1 Å². The molecular formula is C26H21ClN8O3. The number of benzene rings is 2. The highest BCUT2D eigenvalue weighted by Gasteiger charge is 2.29. The molecule has 1 aliphatic heterocycles. The molecule has 0 saturated carbocycles. The van der Waals surface area contributed by atoms with Crippen molar-refractivity contribution in [1.29, 1.82) is 0 Å². The quantitative estimate of drug-likeness (QED) is 0.305. The van der Waals surface area contributed by atoms with E-state index < -0.39 is 6.09 Å². The van der Waals surface area contributed by atoms with Gasteiger partial charge in [-0.1, -0.05) is 23.7 Å². The summed E-state index contributed by atoms with van der Waals surface area (Å²) in [6, 6.07) is 15.8. The second-order valence-electron chi connectivity index (χ2n) is 9.00.